The van der Waals surface area contributed by atoms with E-state index in [-0.39, 0.29) is 5.82 Å². The lowest BCUT2D eigenvalue weighted by atomic mass is 10.2. The number of rotatable bonds is 4. The standard InChI is InChI=1S/C13H13FN2S/c14-11-2-4-12(5-3-11)17-13-6-1-10(7-8-15)9-16-13/h1-6,9H,7-8,15H2. The molecule has 0 aliphatic heterocycles. The van der Waals surface area contributed by atoms with Crippen molar-refractivity contribution < 1.29 is 4.39 Å². The fourth-order valence-corrected chi connectivity index (χ4v) is 2.16. The maximum absolute atomic E-state index is 12.7. The lowest BCUT2D eigenvalue weighted by Gasteiger charge is -2.02. The van der Waals surface area contributed by atoms with Gasteiger partial charge in [-0.2, -0.15) is 0 Å². The molecular weight excluding hydrogens is 235 g/mol. The second-order valence-electron chi connectivity index (χ2n) is 3.60. The summed E-state index contributed by atoms with van der Waals surface area (Å²) in [5.74, 6) is -0.222. The monoisotopic (exact) mass is 248 g/mol. The maximum atomic E-state index is 12.7. The molecule has 0 aliphatic rings. The molecule has 2 aromatic rings. The summed E-state index contributed by atoms with van der Waals surface area (Å²) in [7, 11) is 0. The normalized spacial score (nSPS) is 10.5. The number of pyridine rings is 1. The van der Waals surface area contributed by atoms with Crippen molar-refractivity contribution in [1.82, 2.24) is 4.98 Å². The molecule has 0 atom stereocenters. The van der Waals surface area contributed by atoms with E-state index in [1.54, 1.807) is 12.1 Å². The summed E-state index contributed by atoms with van der Waals surface area (Å²) >= 11 is 1.51. The van der Waals surface area contributed by atoms with E-state index < -0.39 is 0 Å². The summed E-state index contributed by atoms with van der Waals surface area (Å²) in [5, 5.41) is 0.900. The summed E-state index contributed by atoms with van der Waals surface area (Å²) in [6.45, 7) is 0.631. The number of hydrogen-bond donors (Lipinski definition) is 1. The van der Waals surface area contributed by atoms with Gasteiger partial charge < -0.3 is 5.73 Å². The molecule has 0 bridgehead atoms. The van der Waals surface area contributed by atoms with Crippen LogP contribution in [0, 0.1) is 5.82 Å². The fraction of sp³-hybridized carbons (Fsp3) is 0.154. The lowest BCUT2D eigenvalue weighted by molar-refractivity contribution is 0.626. The second-order valence-corrected chi connectivity index (χ2v) is 4.69. The van der Waals surface area contributed by atoms with Gasteiger partial charge in [-0.3, -0.25) is 0 Å². The van der Waals surface area contributed by atoms with Gasteiger partial charge in [-0.25, -0.2) is 9.37 Å². The van der Waals surface area contributed by atoms with Crippen LogP contribution in [0.1, 0.15) is 5.56 Å². The summed E-state index contributed by atoms with van der Waals surface area (Å²) in [4.78, 5) is 5.31. The van der Waals surface area contributed by atoms with Crippen LogP contribution in [0.3, 0.4) is 0 Å². The van der Waals surface area contributed by atoms with Crippen molar-refractivity contribution in [1.29, 1.82) is 0 Å². The molecule has 0 unspecified atom stereocenters. The Bertz CT molecular complexity index is 468. The molecule has 2 nitrogen and oxygen atoms in total. The van der Waals surface area contributed by atoms with Gasteiger partial charge in [-0.15, -0.1) is 0 Å². The molecule has 0 saturated carbocycles. The van der Waals surface area contributed by atoms with Crippen LogP contribution in [0.25, 0.3) is 0 Å². The van der Waals surface area contributed by atoms with Crippen molar-refractivity contribution in [3.05, 3.63) is 54.0 Å². The third kappa shape index (κ3) is 3.54. The van der Waals surface area contributed by atoms with Crippen LogP contribution in [0.5, 0.6) is 0 Å². The molecule has 88 valence electrons. The van der Waals surface area contributed by atoms with Gasteiger partial charge in [0.05, 0.1) is 0 Å². The third-order valence-corrected chi connectivity index (χ3v) is 3.23. The molecule has 0 radical (unpaired) electrons. The summed E-state index contributed by atoms with van der Waals surface area (Å²) in [5.41, 5.74) is 6.60. The Balaban J connectivity index is 2.05. The van der Waals surface area contributed by atoms with Crippen molar-refractivity contribution in [2.45, 2.75) is 16.3 Å². The number of nitrogens with two attached hydrogens (primary N) is 1. The van der Waals surface area contributed by atoms with Gasteiger partial charge in [0.15, 0.2) is 0 Å². The molecular formula is C13H13FN2S. The van der Waals surface area contributed by atoms with E-state index in [1.165, 1.54) is 23.9 Å². The quantitative estimate of drug-likeness (QED) is 0.904. The van der Waals surface area contributed by atoms with E-state index in [4.69, 9.17) is 5.73 Å². The van der Waals surface area contributed by atoms with E-state index in [0.29, 0.717) is 6.54 Å². The summed E-state index contributed by atoms with van der Waals surface area (Å²) in [6, 6.07) is 10.4. The van der Waals surface area contributed by atoms with Gasteiger partial charge in [0.25, 0.3) is 0 Å². The van der Waals surface area contributed by atoms with Gasteiger partial charge in [0.1, 0.15) is 10.8 Å². The molecule has 2 rings (SSSR count). The Morgan fingerprint density at radius 2 is 1.88 bits per heavy atom. The first-order valence-electron chi connectivity index (χ1n) is 5.36. The fourth-order valence-electron chi connectivity index (χ4n) is 1.41. The zero-order valence-corrected chi connectivity index (χ0v) is 10.1. The van der Waals surface area contributed by atoms with E-state index >= 15 is 0 Å². The molecule has 2 N–H and O–H groups in total. The molecule has 0 spiro atoms. The van der Waals surface area contributed by atoms with Crippen LogP contribution in [-0.4, -0.2) is 11.5 Å². The van der Waals surface area contributed by atoms with Gasteiger partial charge in [-0.05, 0) is 48.9 Å². The minimum Gasteiger partial charge on any atom is -0.330 e. The van der Waals surface area contributed by atoms with Crippen molar-refractivity contribution in [3.8, 4) is 0 Å². The smallest absolute Gasteiger partial charge is 0.123 e. The highest BCUT2D eigenvalue weighted by atomic mass is 32.2. The van der Waals surface area contributed by atoms with Gasteiger partial charge in [0, 0.05) is 11.1 Å². The minimum atomic E-state index is -0.222. The SMILES string of the molecule is NCCc1ccc(Sc2ccc(F)cc2)nc1. The molecule has 4 heteroatoms. The third-order valence-electron chi connectivity index (χ3n) is 2.27. The summed E-state index contributed by atoms with van der Waals surface area (Å²) in [6.07, 6.45) is 2.67. The average molecular weight is 248 g/mol. The van der Waals surface area contributed by atoms with E-state index in [9.17, 15) is 4.39 Å². The number of benzene rings is 1. The Morgan fingerprint density at radius 3 is 2.47 bits per heavy atom. The van der Waals surface area contributed by atoms with Crippen molar-refractivity contribution in [3.63, 3.8) is 0 Å². The molecule has 0 fully saturated rings. The first kappa shape index (κ1) is 12.1. The van der Waals surface area contributed by atoms with Gasteiger partial charge >= 0.3 is 0 Å². The minimum absolute atomic E-state index is 0.222. The first-order chi connectivity index (χ1) is 8.28. The van der Waals surface area contributed by atoms with Crippen LogP contribution < -0.4 is 5.73 Å². The predicted molar refractivity (Wildman–Crippen MR) is 67.5 cm³/mol. The van der Waals surface area contributed by atoms with Gasteiger partial charge in [0.2, 0.25) is 0 Å². The molecule has 0 saturated heterocycles. The zero-order chi connectivity index (χ0) is 12.1. The van der Waals surface area contributed by atoms with E-state index in [1.807, 2.05) is 18.3 Å². The Labute approximate surface area is 104 Å². The van der Waals surface area contributed by atoms with Gasteiger partial charge in [-0.1, -0.05) is 17.8 Å². The molecule has 1 aromatic heterocycles. The zero-order valence-electron chi connectivity index (χ0n) is 9.27. The highest BCUT2D eigenvalue weighted by Gasteiger charge is 1.99. The number of hydrogen-bond acceptors (Lipinski definition) is 3. The first-order valence-corrected chi connectivity index (χ1v) is 6.18. The Kier molecular flexibility index (Phi) is 4.12. The summed E-state index contributed by atoms with van der Waals surface area (Å²) < 4.78 is 12.7. The molecule has 0 aliphatic carbocycles. The van der Waals surface area contributed by atoms with Crippen LogP contribution in [0.4, 0.5) is 4.39 Å². The molecule has 1 heterocycles. The Morgan fingerprint density at radius 1 is 1.12 bits per heavy atom. The van der Waals surface area contributed by atoms with Crippen molar-refractivity contribution in [2.24, 2.45) is 5.73 Å². The molecule has 1 aromatic carbocycles. The number of nitrogens with zero attached hydrogens (tertiary/aromatic N) is 1. The average Bonchev–Trinajstić information content (AvgIpc) is 2.35. The Hall–Kier alpha value is -1.39. The highest BCUT2D eigenvalue weighted by molar-refractivity contribution is 7.99. The molecule has 0 amide bonds. The van der Waals surface area contributed by atoms with Crippen LogP contribution in [0.2, 0.25) is 0 Å². The van der Waals surface area contributed by atoms with Crippen LogP contribution in [0.15, 0.2) is 52.5 Å². The molecule has 17 heavy (non-hydrogen) atoms. The van der Waals surface area contributed by atoms with E-state index in [2.05, 4.69) is 4.98 Å². The maximum Gasteiger partial charge on any atom is 0.123 e. The lowest BCUT2D eigenvalue weighted by Crippen LogP contribution is -2.02. The second kappa shape index (κ2) is 5.80. The topological polar surface area (TPSA) is 38.9 Å². The van der Waals surface area contributed by atoms with Crippen molar-refractivity contribution >= 4 is 11.8 Å². The van der Waals surface area contributed by atoms with Crippen LogP contribution >= 0.6 is 11.8 Å². The van der Waals surface area contributed by atoms with E-state index in [0.717, 1.165) is 21.9 Å². The highest BCUT2D eigenvalue weighted by Crippen LogP contribution is 2.25. The largest absolute Gasteiger partial charge is 0.330 e. The van der Waals surface area contributed by atoms with Crippen LogP contribution in [-0.2, 0) is 6.42 Å². The number of halogens is 1. The predicted octanol–water partition coefficient (Wildman–Crippen LogP) is 2.87. The number of aromatic nitrogens is 1. The van der Waals surface area contributed by atoms with Crippen molar-refractivity contribution in [2.75, 3.05) is 6.54 Å².